The number of hydrogen-bond donors (Lipinski definition) is 1. The van der Waals surface area contributed by atoms with Crippen molar-refractivity contribution in [3.63, 3.8) is 0 Å². The van der Waals surface area contributed by atoms with E-state index in [9.17, 15) is 5.11 Å². The Morgan fingerprint density at radius 2 is 2.18 bits per heavy atom. The maximum absolute atomic E-state index is 9.20. The normalized spacial score (nSPS) is 17.7. The molecule has 11 heavy (non-hydrogen) atoms. The Morgan fingerprint density at radius 3 is 2.45 bits per heavy atom. The molecule has 0 aromatic rings. The Morgan fingerprint density at radius 1 is 1.64 bits per heavy atom. The van der Waals surface area contributed by atoms with Crippen molar-refractivity contribution < 1.29 is 9.84 Å². The summed E-state index contributed by atoms with van der Waals surface area (Å²) in [5, 5.41) is 9.20. The highest BCUT2D eigenvalue weighted by molar-refractivity contribution is 9.09. The van der Waals surface area contributed by atoms with Gasteiger partial charge in [-0.25, -0.2) is 0 Å². The van der Waals surface area contributed by atoms with E-state index < -0.39 is 4.70 Å². The van der Waals surface area contributed by atoms with Crippen LogP contribution in [0.1, 0.15) is 33.6 Å². The first-order valence-corrected chi connectivity index (χ1v) is 4.58. The van der Waals surface area contributed by atoms with Crippen LogP contribution in [-0.2, 0) is 4.74 Å². The Kier molecular flexibility index (Phi) is 4.77. The highest BCUT2D eigenvalue weighted by atomic mass is 79.9. The quantitative estimate of drug-likeness (QED) is 0.451. The first-order valence-electron chi connectivity index (χ1n) is 3.79. The maximum atomic E-state index is 9.20. The molecule has 1 atom stereocenters. The lowest BCUT2D eigenvalue weighted by Gasteiger charge is -2.19. The minimum atomic E-state index is -1.23. The topological polar surface area (TPSA) is 29.5 Å². The van der Waals surface area contributed by atoms with Crippen LogP contribution in [0.25, 0.3) is 0 Å². The summed E-state index contributed by atoms with van der Waals surface area (Å²) in [5.74, 6) is 0.814. The summed E-state index contributed by atoms with van der Waals surface area (Å²) >= 11 is 2.98. The number of halogens is 1. The van der Waals surface area contributed by atoms with Gasteiger partial charge in [-0.3, -0.25) is 0 Å². The second kappa shape index (κ2) is 4.78. The van der Waals surface area contributed by atoms with Gasteiger partial charge in [-0.05, 0) is 28.4 Å². The molecule has 0 aromatic heterocycles. The predicted molar refractivity (Wildman–Crippen MR) is 49.3 cm³/mol. The standard InChI is InChI=1S/C8H15BrO2/c1-4-6-7(5-2)11-8(3,9)10/h6,10H,4-5H2,1-3H3/b7-6+. The minimum Gasteiger partial charge on any atom is -0.457 e. The van der Waals surface area contributed by atoms with E-state index in [1.54, 1.807) is 6.92 Å². The molecule has 1 unspecified atom stereocenters. The molecule has 0 heterocycles. The Hall–Kier alpha value is -0.0200. The third kappa shape index (κ3) is 6.38. The molecule has 0 spiro atoms. The molecule has 0 aliphatic carbocycles. The summed E-state index contributed by atoms with van der Waals surface area (Å²) in [6, 6.07) is 0. The molecule has 0 amide bonds. The highest BCUT2D eigenvalue weighted by Gasteiger charge is 2.16. The number of hydrogen-bond acceptors (Lipinski definition) is 2. The van der Waals surface area contributed by atoms with E-state index in [2.05, 4.69) is 15.9 Å². The molecule has 0 aliphatic heterocycles. The summed E-state index contributed by atoms with van der Waals surface area (Å²) in [6.07, 6.45) is 3.68. The van der Waals surface area contributed by atoms with Crippen molar-refractivity contribution in [3.8, 4) is 0 Å². The average molecular weight is 223 g/mol. The van der Waals surface area contributed by atoms with E-state index in [0.717, 1.165) is 18.6 Å². The molecule has 2 nitrogen and oxygen atoms in total. The first-order chi connectivity index (χ1) is 4.99. The average Bonchev–Trinajstić information content (AvgIpc) is 1.84. The fourth-order valence-corrected chi connectivity index (χ4v) is 0.933. The van der Waals surface area contributed by atoms with Gasteiger partial charge in [-0.2, -0.15) is 0 Å². The van der Waals surface area contributed by atoms with Gasteiger partial charge in [0.05, 0.1) is 5.76 Å². The molecular weight excluding hydrogens is 208 g/mol. The van der Waals surface area contributed by atoms with E-state index in [-0.39, 0.29) is 0 Å². The van der Waals surface area contributed by atoms with Crippen LogP contribution < -0.4 is 0 Å². The molecule has 0 saturated heterocycles. The fraction of sp³-hybridized carbons (Fsp3) is 0.750. The number of alkyl halides is 1. The van der Waals surface area contributed by atoms with E-state index in [1.165, 1.54) is 0 Å². The van der Waals surface area contributed by atoms with Gasteiger partial charge >= 0.3 is 0 Å². The zero-order valence-corrected chi connectivity index (χ0v) is 8.81. The van der Waals surface area contributed by atoms with Crippen LogP contribution >= 0.6 is 15.9 Å². The van der Waals surface area contributed by atoms with Crippen molar-refractivity contribution in [1.29, 1.82) is 0 Å². The molecule has 0 rings (SSSR count). The van der Waals surface area contributed by atoms with Crippen molar-refractivity contribution in [2.45, 2.75) is 38.3 Å². The zero-order chi connectivity index (χ0) is 8.91. The number of ether oxygens (including phenoxy) is 1. The minimum absolute atomic E-state index is 0.801. The van der Waals surface area contributed by atoms with E-state index in [1.807, 2.05) is 19.9 Å². The van der Waals surface area contributed by atoms with Gasteiger partial charge < -0.3 is 9.84 Å². The van der Waals surface area contributed by atoms with Crippen LogP contribution in [0.2, 0.25) is 0 Å². The number of allylic oxidation sites excluding steroid dienone is 2. The third-order valence-corrected chi connectivity index (χ3v) is 1.26. The van der Waals surface area contributed by atoms with Crippen LogP contribution in [0.15, 0.2) is 11.8 Å². The summed E-state index contributed by atoms with van der Waals surface area (Å²) in [4.78, 5) is 0. The Balaban J connectivity index is 3.99. The van der Waals surface area contributed by atoms with Gasteiger partial charge in [0.15, 0.2) is 0 Å². The molecule has 66 valence electrons. The molecular formula is C8H15BrO2. The van der Waals surface area contributed by atoms with Crippen molar-refractivity contribution >= 4 is 15.9 Å². The van der Waals surface area contributed by atoms with E-state index in [4.69, 9.17) is 4.74 Å². The summed E-state index contributed by atoms with van der Waals surface area (Å²) in [6.45, 7) is 5.56. The molecule has 0 fully saturated rings. The summed E-state index contributed by atoms with van der Waals surface area (Å²) in [7, 11) is 0. The SMILES string of the molecule is CC/C=C(\CC)OC(C)(O)Br. The van der Waals surface area contributed by atoms with Gasteiger partial charge in [0.25, 0.3) is 4.70 Å². The van der Waals surface area contributed by atoms with Crippen LogP contribution in [0.3, 0.4) is 0 Å². The van der Waals surface area contributed by atoms with Crippen LogP contribution in [0, 0.1) is 0 Å². The van der Waals surface area contributed by atoms with Gasteiger partial charge in [0.1, 0.15) is 0 Å². The number of aliphatic hydroxyl groups is 1. The second-order valence-corrected chi connectivity index (χ2v) is 3.88. The van der Waals surface area contributed by atoms with Crippen LogP contribution in [0.5, 0.6) is 0 Å². The summed E-state index contributed by atoms with van der Waals surface area (Å²) in [5.41, 5.74) is 0. The van der Waals surface area contributed by atoms with Crippen molar-refractivity contribution in [1.82, 2.24) is 0 Å². The largest absolute Gasteiger partial charge is 0.457 e. The smallest absolute Gasteiger partial charge is 0.262 e. The van der Waals surface area contributed by atoms with E-state index >= 15 is 0 Å². The van der Waals surface area contributed by atoms with Crippen LogP contribution in [0.4, 0.5) is 0 Å². The van der Waals surface area contributed by atoms with Gasteiger partial charge in [-0.1, -0.05) is 13.8 Å². The molecule has 0 saturated carbocycles. The molecule has 0 bridgehead atoms. The first kappa shape index (κ1) is 11.0. The Bertz CT molecular complexity index is 136. The third-order valence-electron chi connectivity index (χ3n) is 1.10. The van der Waals surface area contributed by atoms with E-state index in [0.29, 0.717) is 0 Å². The summed E-state index contributed by atoms with van der Waals surface area (Å²) < 4.78 is 3.93. The van der Waals surface area contributed by atoms with Crippen LogP contribution in [-0.4, -0.2) is 9.80 Å². The lowest BCUT2D eigenvalue weighted by Crippen LogP contribution is -2.18. The second-order valence-electron chi connectivity index (χ2n) is 2.40. The molecule has 3 heteroatoms. The monoisotopic (exact) mass is 222 g/mol. The molecule has 0 aromatic carbocycles. The van der Waals surface area contributed by atoms with Crippen molar-refractivity contribution in [2.24, 2.45) is 0 Å². The fourth-order valence-electron chi connectivity index (χ4n) is 0.725. The number of rotatable bonds is 4. The molecule has 0 radical (unpaired) electrons. The zero-order valence-electron chi connectivity index (χ0n) is 7.22. The van der Waals surface area contributed by atoms with Gasteiger partial charge in [0.2, 0.25) is 0 Å². The van der Waals surface area contributed by atoms with Gasteiger partial charge in [0, 0.05) is 13.3 Å². The maximum Gasteiger partial charge on any atom is 0.262 e. The Labute approximate surface area is 76.4 Å². The molecule has 0 aliphatic rings. The highest BCUT2D eigenvalue weighted by Crippen LogP contribution is 2.20. The molecule has 1 N–H and O–H groups in total. The van der Waals surface area contributed by atoms with Crippen molar-refractivity contribution in [3.05, 3.63) is 11.8 Å². The lowest BCUT2D eigenvalue weighted by molar-refractivity contribution is -0.0786. The predicted octanol–water partition coefficient (Wildman–Crippen LogP) is 2.77. The lowest BCUT2D eigenvalue weighted by atomic mass is 10.3. The van der Waals surface area contributed by atoms with Crippen molar-refractivity contribution in [2.75, 3.05) is 0 Å². The van der Waals surface area contributed by atoms with Gasteiger partial charge in [-0.15, -0.1) is 0 Å².